The average Bonchev–Trinajstić information content (AvgIpc) is 3.27. The van der Waals surface area contributed by atoms with Crippen LogP contribution in [-0.4, -0.2) is 196 Å². The summed E-state index contributed by atoms with van der Waals surface area (Å²) in [6, 6.07) is 0. The molecule has 15 atom stereocenters. The standard InChI is InChI=1S/C24H34O23/c25-3-7-12(31)14(33)15(34)18(40-7)41-17-13(32)8(4-26)42-21(17,6-28)47-24-23(39)22(38,16(35)9(5-27)43-24)44-10(29)1-20(37,19(36)46-23)2-11(30)45-24/h7-9,12-18,25-28,31-35,37-39H,1-6H2/t7-,8-,9-,12-,13+,14+,15-,16+,17+,18-,20?,21+,22+,23-,24+/m1/s1. The van der Waals surface area contributed by atoms with E-state index in [1.165, 1.54) is 0 Å². The molecule has 47 heavy (non-hydrogen) atoms. The van der Waals surface area contributed by atoms with Gasteiger partial charge in [0.05, 0.1) is 32.7 Å². The van der Waals surface area contributed by atoms with Crippen molar-refractivity contribution in [1.82, 2.24) is 0 Å². The van der Waals surface area contributed by atoms with Crippen LogP contribution in [0.1, 0.15) is 12.8 Å². The molecule has 0 aromatic rings. The monoisotopic (exact) mass is 690 g/mol. The number of rotatable bonds is 8. The summed E-state index contributed by atoms with van der Waals surface area (Å²) < 4.78 is 42.0. The quantitative estimate of drug-likeness (QED) is 0.0830. The number of ether oxygens (including phenoxy) is 8. The molecule has 5 fully saturated rings. The summed E-state index contributed by atoms with van der Waals surface area (Å²) in [7, 11) is 0. The van der Waals surface area contributed by atoms with Crippen molar-refractivity contribution in [3.63, 3.8) is 0 Å². The Hall–Kier alpha value is -2.27. The van der Waals surface area contributed by atoms with Crippen LogP contribution in [0.3, 0.4) is 0 Å². The number of carbonyl (C=O) groups is 3. The molecule has 2 bridgehead atoms. The van der Waals surface area contributed by atoms with Crippen molar-refractivity contribution in [3.8, 4) is 0 Å². The molecular formula is C24H34O23. The third kappa shape index (κ3) is 5.31. The number of carbonyl (C=O) groups excluding carboxylic acids is 3. The van der Waals surface area contributed by atoms with Crippen molar-refractivity contribution < 1.29 is 114 Å². The molecule has 0 amide bonds. The minimum absolute atomic E-state index is 0.949. The second-order valence-electron chi connectivity index (χ2n) is 11.6. The predicted molar refractivity (Wildman–Crippen MR) is 131 cm³/mol. The lowest BCUT2D eigenvalue weighted by molar-refractivity contribution is -0.591. The average molecular weight is 691 g/mol. The van der Waals surface area contributed by atoms with Gasteiger partial charge in [0.2, 0.25) is 5.79 Å². The topological polar surface area (TPSA) is 368 Å². The fourth-order valence-corrected chi connectivity index (χ4v) is 5.91. The molecule has 268 valence electrons. The van der Waals surface area contributed by atoms with Crippen molar-refractivity contribution in [2.24, 2.45) is 0 Å². The highest BCUT2D eigenvalue weighted by Crippen LogP contribution is 2.54. The van der Waals surface area contributed by atoms with E-state index in [2.05, 4.69) is 0 Å². The van der Waals surface area contributed by atoms with E-state index in [4.69, 9.17) is 37.9 Å². The minimum Gasteiger partial charge on any atom is -0.422 e. The molecule has 0 radical (unpaired) electrons. The third-order valence-electron chi connectivity index (χ3n) is 8.46. The van der Waals surface area contributed by atoms with Gasteiger partial charge in [0.15, 0.2) is 18.0 Å². The Morgan fingerprint density at radius 3 is 1.87 bits per heavy atom. The van der Waals surface area contributed by atoms with Gasteiger partial charge in [-0.05, 0) is 0 Å². The van der Waals surface area contributed by atoms with Gasteiger partial charge in [-0.2, -0.15) is 0 Å². The van der Waals surface area contributed by atoms with E-state index < -0.39 is 147 Å². The predicted octanol–water partition coefficient (Wildman–Crippen LogP) is -9.42. The van der Waals surface area contributed by atoms with Gasteiger partial charge < -0.3 is 94.4 Å². The van der Waals surface area contributed by atoms with Crippen LogP contribution < -0.4 is 0 Å². The number of esters is 3. The molecule has 5 aliphatic heterocycles. The van der Waals surface area contributed by atoms with E-state index in [1.54, 1.807) is 0 Å². The summed E-state index contributed by atoms with van der Waals surface area (Å²) in [4.78, 5) is 39.0. The molecule has 23 heteroatoms. The smallest absolute Gasteiger partial charge is 0.409 e. The van der Waals surface area contributed by atoms with Crippen molar-refractivity contribution in [3.05, 3.63) is 0 Å². The van der Waals surface area contributed by atoms with Crippen LogP contribution in [-0.2, 0) is 52.3 Å². The molecule has 5 rings (SSSR count). The molecule has 23 nitrogen and oxygen atoms in total. The zero-order valence-electron chi connectivity index (χ0n) is 23.9. The van der Waals surface area contributed by atoms with Crippen LogP contribution in [0.15, 0.2) is 0 Å². The van der Waals surface area contributed by atoms with Crippen molar-refractivity contribution in [2.75, 3.05) is 26.4 Å². The first kappa shape index (κ1) is 36.0. The Labute approximate surface area is 261 Å². The summed E-state index contributed by atoms with van der Waals surface area (Å²) in [6.07, 6.45) is -24.1. The van der Waals surface area contributed by atoms with Gasteiger partial charge >= 0.3 is 35.5 Å². The van der Waals surface area contributed by atoms with Gasteiger partial charge in [0.1, 0.15) is 55.4 Å². The summed E-state index contributed by atoms with van der Waals surface area (Å²) >= 11 is 0. The largest absolute Gasteiger partial charge is 0.422 e. The summed E-state index contributed by atoms with van der Waals surface area (Å²) in [5, 5.41) is 127. The minimum atomic E-state index is -4.32. The Balaban J connectivity index is 1.66. The van der Waals surface area contributed by atoms with Crippen LogP contribution in [0.4, 0.5) is 0 Å². The molecule has 5 saturated heterocycles. The highest BCUT2D eigenvalue weighted by molar-refractivity contribution is 5.91. The second kappa shape index (κ2) is 12.3. The van der Waals surface area contributed by atoms with E-state index in [0.29, 0.717) is 0 Å². The molecule has 0 aliphatic carbocycles. The van der Waals surface area contributed by atoms with Crippen LogP contribution in [0.2, 0.25) is 0 Å². The highest BCUT2D eigenvalue weighted by Gasteiger charge is 2.85. The van der Waals surface area contributed by atoms with Gasteiger partial charge in [-0.25, -0.2) is 4.79 Å². The fraction of sp³-hybridized carbons (Fsp3) is 0.875. The molecule has 5 aliphatic rings. The Morgan fingerprint density at radius 1 is 0.702 bits per heavy atom. The zero-order valence-corrected chi connectivity index (χ0v) is 23.9. The van der Waals surface area contributed by atoms with Gasteiger partial charge in [0.25, 0.3) is 0 Å². The normalized spacial score (nSPS) is 51.7. The summed E-state index contributed by atoms with van der Waals surface area (Å²) in [6.45, 7) is -5.03. The Morgan fingerprint density at radius 2 is 1.30 bits per heavy atom. The van der Waals surface area contributed by atoms with E-state index >= 15 is 0 Å². The van der Waals surface area contributed by atoms with E-state index in [9.17, 15) is 75.7 Å². The van der Waals surface area contributed by atoms with E-state index in [1.807, 2.05) is 0 Å². The van der Waals surface area contributed by atoms with E-state index in [-0.39, 0.29) is 0 Å². The lowest BCUT2D eigenvalue weighted by Gasteiger charge is -2.58. The summed E-state index contributed by atoms with van der Waals surface area (Å²) in [5.74, 6) is -21.0. The molecular weight excluding hydrogens is 656 g/mol. The lowest BCUT2D eigenvalue weighted by atomic mass is 9.86. The Bertz CT molecular complexity index is 1230. The summed E-state index contributed by atoms with van der Waals surface area (Å²) in [5.41, 5.74) is -3.11. The molecule has 0 aromatic carbocycles. The SMILES string of the molecule is O=C1CC2(O)CC(=O)O[C@@]3(O)[C@@H](O)[C@@H](CO)O[C@](O[C@]4(CO)O[C@H](CO)[C@H](O)[C@@H]4O[C@H]4O[C@H](CO)[C@@H](O)[C@H](O)[C@H]4O)(O1)[C@]3(O)OC2=O. The highest BCUT2D eigenvalue weighted by atomic mass is 17.0. The third-order valence-corrected chi connectivity index (χ3v) is 8.46. The number of fused-ring (bicyclic) bond motifs is 2. The van der Waals surface area contributed by atoms with Crippen LogP contribution in [0.25, 0.3) is 0 Å². The number of aliphatic hydroxyl groups is 12. The maximum absolute atomic E-state index is 13.1. The maximum Gasteiger partial charge on any atom is 0.409 e. The lowest BCUT2D eigenvalue weighted by Crippen LogP contribution is -2.85. The van der Waals surface area contributed by atoms with Gasteiger partial charge in [-0.3, -0.25) is 14.3 Å². The molecule has 1 unspecified atom stereocenters. The zero-order chi connectivity index (χ0) is 34.9. The maximum atomic E-state index is 13.1. The molecule has 5 heterocycles. The van der Waals surface area contributed by atoms with E-state index in [0.717, 1.165) is 0 Å². The first-order valence-corrected chi connectivity index (χ1v) is 13.9. The Kier molecular flexibility index (Phi) is 9.39. The van der Waals surface area contributed by atoms with Crippen molar-refractivity contribution >= 4 is 17.9 Å². The van der Waals surface area contributed by atoms with Gasteiger partial charge in [0, 0.05) is 0 Å². The van der Waals surface area contributed by atoms with Crippen LogP contribution in [0, 0.1) is 0 Å². The number of hydrogen-bond donors (Lipinski definition) is 12. The first-order chi connectivity index (χ1) is 21.9. The molecule has 12 N–H and O–H groups in total. The van der Waals surface area contributed by atoms with Crippen LogP contribution >= 0.6 is 0 Å². The second-order valence-corrected chi connectivity index (χ2v) is 11.6. The first-order valence-electron chi connectivity index (χ1n) is 13.9. The number of hydrogen-bond acceptors (Lipinski definition) is 23. The number of aliphatic hydroxyl groups excluding tert-OH is 9. The fourth-order valence-electron chi connectivity index (χ4n) is 5.91. The van der Waals surface area contributed by atoms with Crippen molar-refractivity contribution in [2.45, 2.75) is 103 Å². The molecule has 0 spiro atoms. The van der Waals surface area contributed by atoms with Crippen molar-refractivity contribution in [1.29, 1.82) is 0 Å². The molecule has 0 aromatic heterocycles. The van der Waals surface area contributed by atoms with Gasteiger partial charge in [-0.1, -0.05) is 0 Å². The van der Waals surface area contributed by atoms with Gasteiger partial charge in [-0.15, -0.1) is 0 Å². The molecule has 0 saturated carbocycles. The van der Waals surface area contributed by atoms with Crippen LogP contribution in [0.5, 0.6) is 0 Å².